The van der Waals surface area contributed by atoms with Crippen LogP contribution in [0.4, 0.5) is 0 Å². The third-order valence-electron chi connectivity index (χ3n) is 3.63. The molecule has 0 radical (unpaired) electrons. The molecular weight excluding hydrogens is 354 g/mol. The van der Waals surface area contributed by atoms with Crippen molar-refractivity contribution in [2.24, 2.45) is 0 Å². The van der Waals surface area contributed by atoms with E-state index in [1.807, 2.05) is 36.6 Å². The highest BCUT2D eigenvalue weighted by molar-refractivity contribution is 7.13. The van der Waals surface area contributed by atoms with Crippen LogP contribution in [0.1, 0.15) is 19.2 Å². The minimum absolute atomic E-state index is 0.142. The summed E-state index contributed by atoms with van der Waals surface area (Å²) >= 11 is 1.52. The third-order valence-corrected chi connectivity index (χ3v) is 4.49. The Labute approximate surface area is 154 Å². The molecule has 0 aliphatic carbocycles. The van der Waals surface area contributed by atoms with Gasteiger partial charge >= 0.3 is 0 Å². The smallest absolute Gasteiger partial charge is 0.261 e. The number of carbonyl (C=O) groups is 1. The highest BCUT2D eigenvalue weighted by Gasteiger charge is 2.20. The van der Waals surface area contributed by atoms with Crippen molar-refractivity contribution >= 4 is 17.2 Å². The first-order valence-corrected chi connectivity index (χ1v) is 9.03. The summed E-state index contributed by atoms with van der Waals surface area (Å²) in [4.78, 5) is 17.6. The van der Waals surface area contributed by atoms with Gasteiger partial charge in [-0.2, -0.15) is 4.98 Å². The van der Waals surface area contributed by atoms with Crippen LogP contribution in [0, 0.1) is 0 Å². The van der Waals surface area contributed by atoms with Crippen molar-refractivity contribution in [2.75, 3.05) is 7.11 Å². The van der Waals surface area contributed by atoms with Gasteiger partial charge in [-0.25, -0.2) is 0 Å². The topological polar surface area (TPSA) is 86.5 Å². The quantitative estimate of drug-likeness (QED) is 0.652. The van der Waals surface area contributed by atoms with Gasteiger partial charge in [-0.3, -0.25) is 4.79 Å². The number of ether oxygens (including phenoxy) is 2. The molecule has 1 unspecified atom stereocenters. The number of methoxy groups -OCH3 is 1. The Bertz CT molecular complexity index is 848. The van der Waals surface area contributed by atoms with E-state index >= 15 is 0 Å². The molecule has 0 aliphatic rings. The molecule has 0 fully saturated rings. The SMILES string of the molecule is CCC(Oc1ccccc1OC)C(=O)NCc1nc(-c2cccs2)no1. The molecule has 0 saturated carbocycles. The zero-order valence-electron chi connectivity index (χ0n) is 14.5. The molecule has 1 aromatic carbocycles. The van der Waals surface area contributed by atoms with E-state index < -0.39 is 6.10 Å². The van der Waals surface area contributed by atoms with E-state index in [1.54, 1.807) is 19.2 Å². The van der Waals surface area contributed by atoms with E-state index in [-0.39, 0.29) is 12.5 Å². The predicted molar refractivity (Wildman–Crippen MR) is 97.2 cm³/mol. The standard InChI is InChI=1S/C18H19N3O4S/c1-3-12(24-14-8-5-4-7-13(14)23-2)18(22)19-11-16-20-17(21-25-16)15-9-6-10-26-15/h4-10,12H,3,11H2,1-2H3,(H,19,22). The Balaban J connectivity index is 1.59. The number of para-hydroxylation sites is 2. The van der Waals surface area contributed by atoms with Gasteiger partial charge in [-0.15, -0.1) is 11.3 Å². The highest BCUT2D eigenvalue weighted by atomic mass is 32.1. The average Bonchev–Trinajstić information content (AvgIpc) is 3.35. The number of aromatic nitrogens is 2. The van der Waals surface area contributed by atoms with Gasteiger partial charge in [0, 0.05) is 0 Å². The van der Waals surface area contributed by atoms with Crippen LogP contribution in [0.2, 0.25) is 0 Å². The third kappa shape index (κ3) is 4.20. The van der Waals surface area contributed by atoms with Gasteiger partial charge in [-0.05, 0) is 30.0 Å². The number of hydrogen-bond donors (Lipinski definition) is 1. The maximum atomic E-state index is 12.4. The van der Waals surface area contributed by atoms with Crippen LogP contribution in [-0.4, -0.2) is 29.3 Å². The lowest BCUT2D eigenvalue weighted by Crippen LogP contribution is -2.37. The number of nitrogens with zero attached hydrogens (tertiary/aromatic N) is 2. The first kappa shape index (κ1) is 17.9. The second-order valence-corrected chi connectivity index (χ2v) is 6.32. The van der Waals surface area contributed by atoms with Crippen molar-refractivity contribution in [2.45, 2.75) is 26.0 Å². The van der Waals surface area contributed by atoms with E-state index in [0.29, 0.717) is 29.6 Å². The molecule has 7 nitrogen and oxygen atoms in total. The van der Waals surface area contributed by atoms with Crippen LogP contribution in [0.15, 0.2) is 46.3 Å². The fraction of sp³-hybridized carbons (Fsp3) is 0.278. The Morgan fingerprint density at radius 1 is 1.27 bits per heavy atom. The van der Waals surface area contributed by atoms with Gasteiger partial charge in [0.25, 0.3) is 5.91 Å². The Kier molecular flexibility index (Phi) is 5.85. The molecule has 2 heterocycles. The van der Waals surface area contributed by atoms with Crippen LogP contribution >= 0.6 is 11.3 Å². The van der Waals surface area contributed by atoms with Crippen LogP contribution in [-0.2, 0) is 11.3 Å². The fourth-order valence-corrected chi connectivity index (χ4v) is 2.95. The summed E-state index contributed by atoms with van der Waals surface area (Å²) in [6.45, 7) is 2.02. The van der Waals surface area contributed by atoms with Gasteiger partial charge in [0.1, 0.15) is 0 Å². The summed E-state index contributed by atoms with van der Waals surface area (Å²) in [6, 6.07) is 11.0. The van der Waals surface area contributed by atoms with E-state index in [9.17, 15) is 4.79 Å². The van der Waals surface area contributed by atoms with E-state index in [2.05, 4.69) is 15.5 Å². The summed E-state index contributed by atoms with van der Waals surface area (Å²) in [5.74, 6) is 1.70. The molecule has 1 amide bonds. The predicted octanol–water partition coefficient (Wildman–Crippen LogP) is 3.28. The molecule has 3 aromatic rings. The average molecular weight is 373 g/mol. The van der Waals surface area contributed by atoms with E-state index in [1.165, 1.54) is 11.3 Å². The van der Waals surface area contributed by atoms with Gasteiger partial charge in [-0.1, -0.05) is 30.3 Å². The maximum Gasteiger partial charge on any atom is 0.261 e. The zero-order valence-corrected chi connectivity index (χ0v) is 15.3. The number of hydrogen-bond acceptors (Lipinski definition) is 7. The molecule has 0 saturated heterocycles. The van der Waals surface area contributed by atoms with Gasteiger partial charge < -0.3 is 19.3 Å². The van der Waals surface area contributed by atoms with Crippen molar-refractivity contribution in [3.8, 4) is 22.2 Å². The largest absolute Gasteiger partial charge is 0.493 e. The van der Waals surface area contributed by atoms with E-state index in [0.717, 1.165) is 4.88 Å². The molecule has 1 N–H and O–H groups in total. The Hall–Kier alpha value is -2.87. The van der Waals surface area contributed by atoms with Crippen LogP contribution in [0.3, 0.4) is 0 Å². The van der Waals surface area contributed by atoms with Crippen molar-refractivity contribution in [1.82, 2.24) is 15.5 Å². The molecule has 0 bridgehead atoms. The maximum absolute atomic E-state index is 12.4. The lowest BCUT2D eigenvalue weighted by molar-refractivity contribution is -0.128. The fourth-order valence-electron chi connectivity index (χ4n) is 2.30. The first-order valence-electron chi connectivity index (χ1n) is 8.15. The second kappa shape index (κ2) is 8.48. The number of carbonyl (C=O) groups excluding carboxylic acids is 1. The number of nitrogens with one attached hydrogen (secondary N) is 1. The molecule has 3 rings (SSSR count). The van der Waals surface area contributed by atoms with Gasteiger partial charge in [0.15, 0.2) is 17.6 Å². The Morgan fingerprint density at radius 3 is 2.77 bits per heavy atom. The lowest BCUT2D eigenvalue weighted by Gasteiger charge is -2.18. The van der Waals surface area contributed by atoms with Crippen molar-refractivity contribution < 1.29 is 18.8 Å². The normalized spacial score (nSPS) is 11.8. The van der Waals surface area contributed by atoms with Gasteiger partial charge in [0.2, 0.25) is 11.7 Å². The van der Waals surface area contributed by atoms with E-state index in [4.69, 9.17) is 14.0 Å². The summed E-state index contributed by atoms with van der Waals surface area (Å²) in [5.41, 5.74) is 0. The summed E-state index contributed by atoms with van der Waals surface area (Å²) in [7, 11) is 1.56. The van der Waals surface area contributed by atoms with Crippen LogP contribution in [0.5, 0.6) is 11.5 Å². The minimum Gasteiger partial charge on any atom is -0.493 e. The molecular formula is C18H19N3O4S. The molecule has 136 valence electrons. The number of thiophene rings is 1. The molecule has 26 heavy (non-hydrogen) atoms. The molecule has 1 atom stereocenters. The summed E-state index contributed by atoms with van der Waals surface area (Å²) < 4.78 is 16.2. The van der Waals surface area contributed by atoms with Crippen molar-refractivity contribution in [3.05, 3.63) is 47.7 Å². The molecule has 0 spiro atoms. The van der Waals surface area contributed by atoms with Crippen molar-refractivity contribution in [3.63, 3.8) is 0 Å². The van der Waals surface area contributed by atoms with Crippen LogP contribution < -0.4 is 14.8 Å². The molecule has 8 heteroatoms. The Morgan fingerprint density at radius 2 is 2.08 bits per heavy atom. The monoisotopic (exact) mass is 373 g/mol. The number of benzene rings is 1. The molecule has 2 aromatic heterocycles. The number of rotatable bonds is 8. The molecule has 0 aliphatic heterocycles. The first-order chi connectivity index (χ1) is 12.7. The number of amides is 1. The highest BCUT2D eigenvalue weighted by Crippen LogP contribution is 2.27. The summed E-state index contributed by atoms with van der Waals surface area (Å²) in [5, 5.41) is 8.62. The van der Waals surface area contributed by atoms with Gasteiger partial charge in [0.05, 0.1) is 18.5 Å². The van der Waals surface area contributed by atoms with Crippen LogP contribution in [0.25, 0.3) is 10.7 Å². The minimum atomic E-state index is -0.647. The second-order valence-electron chi connectivity index (χ2n) is 5.37. The van der Waals surface area contributed by atoms with Crippen molar-refractivity contribution in [1.29, 1.82) is 0 Å². The lowest BCUT2D eigenvalue weighted by atomic mass is 10.2. The summed E-state index contributed by atoms with van der Waals surface area (Å²) in [6.07, 6.45) is -0.139. The zero-order chi connectivity index (χ0) is 18.4.